The predicted molar refractivity (Wildman–Crippen MR) is 74.9 cm³/mol. The molecule has 2 heteroatoms. The van der Waals surface area contributed by atoms with Gasteiger partial charge >= 0.3 is 0 Å². The Bertz CT molecular complexity index is 515. The summed E-state index contributed by atoms with van der Waals surface area (Å²) in [6, 6.07) is 14.6. The van der Waals surface area contributed by atoms with Crippen LogP contribution in [0.15, 0.2) is 47.8 Å². The van der Waals surface area contributed by atoms with Crippen LogP contribution in [0.25, 0.3) is 0 Å². The summed E-state index contributed by atoms with van der Waals surface area (Å²) in [5.74, 6) is 1.21. The van der Waals surface area contributed by atoms with Crippen LogP contribution in [0.4, 0.5) is 0 Å². The molecule has 0 aliphatic heterocycles. The van der Waals surface area contributed by atoms with Crippen LogP contribution in [-0.2, 0) is 11.2 Å². The minimum absolute atomic E-state index is 0.285. The van der Waals surface area contributed by atoms with Crippen molar-refractivity contribution in [2.24, 2.45) is 5.92 Å². The number of Topliss-reactive ketones (excluding diaryl/α,β-unsaturated/α-hetero) is 1. The molecule has 18 heavy (non-hydrogen) atoms. The number of thiophene rings is 1. The summed E-state index contributed by atoms with van der Waals surface area (Å²) in [7, 11) is 0. The van der Waals surface area contributed by atoms with E-state index in [1.807, 2.05) is 12.1 Å². The number of ketones is 1. The number of benzene rings is 1. The monoisotopic (exact) mass is 256 g/mol. The van der Waals surface area contributed by atoms with Gasteiger partial charge in [0.05, 0.1) is 0 Å². The van der Waals surface area contributed by atoms with Gasteiger partial charge < -0.3 is 0 Å². The van der Waals surface area contributed by atoms with E-state index >= 15 is 0 Å². The maximum atomic E-state index is 12.1. The first-order valence-corrected chi connectivity index (χ1v) is 7.32. The zero-order valence-electron chi connectivity index (χ0n) is 10.2. The number of rotatable bonds is 5. The van der Waals surface area contributed by atoms with Crippen molar-refractivity contribution in [2.45, 2.75) is 25.2 Å². The van der Waals surface area contributed by atoms with Crippen molar-refractivity contribution in [2.75, 3.05) is 0 Å². The fourth-order valence-corrected chi connectivity index (χ4v) is 3.22. The van der Waals surface area contributed by atoms with Crippen molar-refractivity contribution in [3.63, 3.8) is 0 Å². The molecule has 0 saturated heterocycles. The van der Waals surface area contributed by atoms with E-state index in [9.17, 15) is 4.79 Å². The molecule has 0 bridgehead atoms. The zero-order valence-corrected chi connectivity index (χ0v) is 11.0. The summed E-state index contributed by atoms with van der Waals surface area (Å²) in [6.07, 6.45) is 2.66. The van der Waals surface area contributed by atoms with Gasteiger partial charge in [0.15, 0.2) is 0 Å². The molecule has 3 rings (SSSR count). The third-order valence-corrected chi connectivity index (χ3v) is 4.57. The molecule has 0 spiro atoms. The van der Waals surface area contributed by atoms with E-state index in [0.29, 0.717) is 18.1 Å². The summed E-state index contributed by atoms with van der Waals surface area (Å²) in [4.78, 5) is 13.4. The largest absolute Gasteiger partial charge is 0.299 e. The Kier molecular flexibility index (Phi) is 3.28. The lowest BCUT2D eigenvalue weighted by Crippen LogP contribution is -2.03. The summed E-state index contributed by atoms with van der Waals surface area (Å²) >= 11 is 1.74. The van der Waals surface area contributed by atoms with Crippen LogP contribution in [0.2, 0.25) is 0 Å². The average molecular weight is 256 g/mol. The van der Waals surface area contributed by atoms with Gasteiger partial charge in [-0.15, -0.1) is 11.3 Å². The first kappa shape index (κ1) is 11.7. The molecule has 1 fully saturated rings. The Labute approximate surface area is 111 Å². The van der Waals surface area contributed by atoms with Gasteiger partial charge in [-0.1, -0.05) is 36.4 Å². The second-order valence-corrected chi connectivity index (χ2v) is 5.94. The molecule has 1 nitrogen and oxygen atoms in total. The Morgan fingerprint density at radius 3 is 2.72 bits per heavy atom. The molecule has 1 aromatic heterocycles. The molecular weight excluding hydrogens is 240 g/mol. The maximum Gasteiger partial charge on any atom is 0.136 e. The van der Waals surface area contributed by atoms with Crippen LogP contribution in [0.3, 0.4) is 0 Å². The second kappa shape index (κ2) is 5.07. The first-order chi connectivity index (χ1) is 8.84. The van der Waals surface area contributed by atoms with E-state index in [2.05, 4.69) is 35.7 Å². The number of hydrogen-bond donors (Lipinski definition) is 0. The molecule has 1 saturated carbocycles. The lowest BCUT2D eigenvalue weighted by Gasteiger charge is -2.00. The standard InChI is InChI=1S/C16H16OS/c17-16(9-8-13-7-4-10-18-13)15-11-14(15)12-5-2-1-3-6-12/h1-7,10,14-15H,8-9,11H2. The molecule has 1 heterocycles. The quantitative estimate of drug-likeness (QED) is 0.788. The van der Waals surface area contributed by atoms with Crippen molar-refractivity contribution >= 4 is 17.1 Å². The third kappa shape index (κ3) is 2.54. The number of hydrogen-bond acceptors (Lipinski definition) is 2. The molecule has 1 aliphatic rings. The van der Waals surface area contributed by atoms with E-state index in [4.69, 9.17) is 0 Å². The SMILES string of the molecule is O=C(CCc1cccs1)C1CC1c1ccccc1. The molecular formula is C16H16OS. The second-order valence-electron chi connectivity index (χ2n) is 4.91. The van der Waals surface area contributed by atoms with Crippen LogP contribution < -0.4 is 0 Å². The van der Waals surface area contributed by atoms with Crippen LogP contribution in [0, 0.1) is 5.92 Å². The summed E-state index contributed by atoms with van der Waals surface area (Å²) in [6.45, 7) is 0. The van der Waals surface area contributed by atoms with Gasteiger partial charge in [-0.2, -0.15) is 0 Å². The van der Waals surface area contributed by atoms with E-state index in [-0.39, 0.29) is 5.92 Å². The highest BCUT2D eigenvalue weighted by atomic mass is 32.1. The lowest BCUT2D eigenvalue weighted by atomic mass is 10.0. The molecule has 1 aromatic carbocycles. The minimum Gasteiger partial charge on any atom is -0.299 e. The highest BCUT2D eigenvalue weighted by Gasteiger charge is 2.42. The highest BCUT2D eigenvalue weighted by Crippen LogP contribution is 2.48. The van der Waals surface area contributed by atoms with E-state index in [0.717, 1.165) is 12.8 Å². The fourth-order valence-electron chi connectivity index (χ4n) is 2.51. The highest BCUT2D eigenvalue weighted by molar-refractivity contribution is 7.09. The number of carbonyl (C=O) groups excluding carboxylic acids is 1. The van der Waals surface area contributed by atoms with Crippen molar-refractivity contribution in [3.8, 4) is 0 Å². The van der Waals surface area contributed by atoms with E-state index in [1.165, 1.54) is 10.4 Å². The molecule has 0 N–H and O–H groups in total. The average Bonchev–Trinajstić information content (AvgIpc) is 3.05. The van der Waals surface area contributed by atoms with Gasteiger partial charge in [0.25, 0.3) is 0 Å². The van der Waals surface area contributed by atoms with Gasteiger partial charge in [-0.25, -0.2) is 0 Å². The Morgan fingerprint density at radius 2 is 2.00 bits per heavy atom. The molecule has 2 atom stereocenters. The molecule has 0 amide bonds. The lowest BCUT2D eigenvalue weighted by molar-refractivity contribution is -0.120. The normalized spacial score (nSPS) is 21.8. The molecule has 92 valence electrons. The Hall–Kier alpha value is -1.41. The fraction of sp³-hybridized carbons (Fsp3) is 0.312. The summed E-state index contributed by atoms with van der Waals surface area (Å²) < 4.78 is 0. The van der Waals surface area contributed by atoms with Crippen LogP contribution >= 0.6 is 11.3 Å². The Balaban J connectivity index is 1.53. The molecule has 2 aromatic rings. The summed E-state index contributed by atoms with van der Waals surface area (Å²) in [5, 5.41) is 2.07. The van der Waals surface area contributed by atoms with Gasteiger partial charge in [0.1, 0.15) is 5.78 Å². The van der Waals surface area contributed by atoms with E-state index in [1.54, 1.807) is 11.3 Å². The van der Waals surface area contributed by atoms with Gasteiger partial charge in [-0.3, -0.25) is 4.79 Å². The number of aryl methyl sites for hydroxylation is 1. The first-order valence-electron chi connectivity index (χ1n) is 6.44. The van der Waals surface area contributed by atoms with Crippen molar-refractivity contribution < 1.29 is 4.79 Å². The molecule has 2 unspecified atom stereocenters. The third-order valence-electron chi connectivity index (χ3n) is 3.63. The smallest absolute Gasteiger partial charge is 0.136 e. The predicted octanol–water partition coefficient (Wildman–Crippen LogP) is 4.05. The van der Waals surface area contributed by atoms with Crippen LogP contribution in [-0.4, -0.2) is 5.78 Å². The van der Waals surface area contributed by atoms with Gasteiger partial charge in [0, 0.05) is 17.2 Å². The van der Waals surface area contributed by atoms with Gasteiger partial charge in [-0.05, 0) is 35.8 Å². The van der Waals surface area contributed by atoms with Crippen LogP contribution in [0.1, 0.15) is 29.2 Å². The zero-order chi connectivity index (χ0) is 12.4. The molecule has 1 aliphatic carbocycles. The summed E-state index contributed by atoms with van der Waals surface area (Å²) in [5.41, 5.74) is 1.33. The minimum atomic E-state index is 0.285. The van der Waals surface area contributed by atoms with Crippen LogP contribution in [0.5, 0.6) is 0 Å². The molecule has 0 radical (unpaired) electrons. The topological polar surface area (TPSA) is 17.1 Å². The number of carbonyl (C=O) groups is 1. The van der Waals surface area contributed by atoms with Crippen molar-refractivity contribution in [1.29, 1.82) is 0 Å². The Morgan fingerprint density at radius 1 is 1.17 bits per heavy atom. The van der Waals surface area contributed by atoms with Gasteiger partial charge in [0.2, 0.25) is 0 Å². The van der Waals surface area contributed by atoms with E-state index < -0.39 is 0 Å². The van der Waals surface area contributed by atoms with Crippen molar-refractivity contribution in [1.82, 2.24) is 0 Å². The van der Waals surface area contributed by atoms with Crippen molar-refractivity contribution in [3.05, 3.63) is 58.3 Å². The maximum absolute atomic E-state index is 12.1.